The number of hydrogen-bond donors (Lipinski definition) is 2. The largest absolute Gasteiger partial charge is 0.368 e. The molecule has 0 saturated heterocycles. The fourth-order valence-electron chi connectivity index (χ4n) is 0.988. The molecule has 15 heavy (non-hydrogen) atoms. The van der Waals surface area contributed by atoms with Gasteiger partial charge in [0.25, 0.3) is 0 Å². The number of carbonyl (C=O) groups excluding carboxylic acids is 1. The van der Waals surface area contributed by atoms with Gasteiger partial charge in [-0.15, -0.1) is 0 Å². The fraction of sp³-hybridized carbons (Fsp3) is 0.182. The lowest BCUT2D eigenvalue weighted by atomic mass is 10.2. The number of hydroxylamine groups is 1. The zero-order valence-electron chi connectivity index (χ0n) is 8.35. The molecular formula is C11H14N2O2. The number of hydrogen-bond acceptors (Lipinski definition) is 3. The molecule has 1 aromatic carbocycles. The van der Waals surface area contributed by atoms with Gasteiger partial charge in [-0.2, -0.15) is 5.48 Å². The van der Waals surface area contributed by atoms with E-state index in [0.29, 0.717) is 6.54 Å². The Balaban J connectivity index is 2.15. The molecule has 0 saturated carbocycles. The van der Waals surface area contributed by atoms with Crippen LogP contribution in [-0.2, 0) is 9.63 Å². The summed E-state index contributed by atoms with van der Waals surface area (Å²) in [5, 5.41) is 0. The van der Waals surface area contributed by atoms with E-state index in [2.05, 4.69) is 5.48 Å². The van der Waals surface area contributed by atoms with Gasteiger partial charge in [0.2, 0.25) is 5.91 Å². The maximum Gasteiger partial charge on any atom is 0.245 e. The van der Waals surface area contributed by atoms with E-state index in [9.17, 15) is 4.79 Å². The Bertz CT molecular complexity index is 323. The first-order chi connectivity index (χ1) is 7.29. The summed E-state index contributed by atoms with van der Waals surface area (Å²) in [6, 6.07) is 9.90. The van der Waals surface area contributed by atoms with Gasteiger partial charge in [-0.3, -0.25) is 9.63 Å². The Morgan fingerprint density at radius 1 is 1.40 bits per heavy atom. The van der Waals surface area contributed by atoms with E-state index in [1.807, 2.05) is 42.5 Å². The van der Waals surface area contributed by atoms with E-state index in [-0.39, 0.29) is 6.61 Å². The molecule has 0 heterocycles. The van der Waals surface area contributed by atoms with Crippen LogP contribution in [0, 0.1) is 0 Å². The second-order valence-corrected chi connectivity index (χ2v) is 2.92. The van der Waals surface area contributed by atoms with Crippen LogP contribution >= 0.6 is 0 Å². The fourth-order valence-corrected chi connectivity index (χ4v) is 0.988. The van der Waals surface area contributed by atoms with Crippen molar-refractivity contribution >= 4 is 12.0 Å². The Kier molecular flexibility index (Phi) is 5.14. The molecule has 80 valence electrons. The van der Waals surface area contributed by atoms with Gasteiger partial charge < -0.3 is 5.73 Å². The Morgan fingerprint density at radius 3 is 2.80 bits per heavy atom. The van der Waals surface area contributed by atoms with Crippen molar-refractivity contribution in [1.82, 2.24) is 5.48 Å². The number of nitrogens with two attached hydrogens (primary N) is 1. The van der Waals surface area contributed by atoms with Gasteiger partial charge in [0.15, 0.2) is 0 Å². The van der Waals surface area contributed by atoms with Crippen molar-refractivity contribution in [2.45, 2.75) is 0 Å². The number of benzene rings is 1. The van der Waals surface area contributed by atoms with Crippen LogP contribution in [0.3, 0.4) is 0 Å². The molecule has 0 radical (unpaired) electrons. The van der Waals surface area contributed by atoms with Crippen LogP contribution in [0.1, 0.15) is 5.56 Å². The lowest BCUT2D eigenvalue weighted by Crippen LogP contribution is -2.24. The molecule has 1 amide bonds. The van der Waals surface area contributed by atoms with Gasteiger partial charge in [-0.1, -0.05) is 42.5 Å². The summed E-state index contributed by atoms with van der Waals surface area (Å²) in [6.45, 7) is 0.418. The highest BCUT2D eigenvalue weighted by atomic mass is 16.6. The Hall–Kier alpha value is -1.65. The Morgan fingerprint density at radius 2 is 2.13 bits per heavy atom. The quantitative estimate of drug-likeness (QED) is 0.532. The molecule has 1 rings (SSSR count). The number of rotatable bonds is 6. The van der Waals surface area contributed by atoms with Crippen LogP contribution in [0.25, 0.3) is 6.08 Å². The summed E-state index contributed by atoms with van der Waals surface area (Å²) in [4.78, 5) is 15.0. The van der Waals surface area contributed by atoms with Crippen molar-refractivity contribution in [3.8, 4) is 0 Å². The molecule has 0 fully saturated rings. The number of carbonyl (C=O) groups is 1. The number of nitrogens with one attached hydrogen (secondary N) is 1. The van der Waals surface area contributed by atoms with Gasteiger partial charge in [0.05, 0.1) is 0 Å². The third-order valence-electron chi connectivity index (χ3n) is 1.63. The maximum absolute atomic E-state index is 10.3. The van der Waals surface area contributed by atoms with Crippen LogP contribution in [0.5, 0.6) is 0 Å². The molecule has 0 aliphatic heterocycles. The van der Waals surface area contributed by atoms with E-state index < -0.39 is 5.91 Å². The SMILES string of the molecule is NC(=O)CONC/C=C/c1ccccc1. The highest BCUT2D eigenvalue weighted by molar-refractivity contribution is 5.74. The zero-order chi connectivity index (χ0) is 10.9. The third kappa shape index (κ3) is 5.61. The zero-order valence-corrected chi connectivity index (χ0v) is 8.35. The van der Waals surface area contributed by atoms with Gasteiger partial charge in [-0.05, 0) is 5.56 Å². The number of amides is 1. The molecule has 4 heteroatoms. The summed E-state index contributed by atoms with van der Waals surface area (Å²) in [5.41, 5.74) is 8.60. The van der Waals surface area contributed by atoms with Crippen molar-refractivity contribution in [1.29, 1.82) is 0 Å². The summed E-state index contributed by atoms with van der Waals surface area (Å²) in [7, 11) is 0. The summed E-state index contributed by atoms with van der Waals surface area (Å²) in [5.74, 6) is -0.491. The average molecular weight is 206 g/mol. The van der Waals surface area contributed by atoms with E-state index in [0.717, 1.165) is 5.56 Å². The lowest BCUT2D eigenvalue weighted by molar-refractivity contribution is -0.124. The summed E-state index contributed by atoms with van der Waals surface area (Å²) < 4.78 is 0. The first-order valence-electron chi connectivity index (χ1n) is 4.63. The average Bonchev–Trinajstić information content (AvgIpc) is 2.24. The predicted molar refractivity (Wildman–Crippen MR) is 58.6 cm³/mol. The molecule has 0 unspecified atom stereocenters. The van der Waals surface area contributed by atoms with Gasteiger partial charge in [0, 0.05) is 6.54 Å². The van der Waals surface area contributed by atoms with Gasteiger partial charge in [0.1, 0.15) is 6.61 Å². The highest BCUT2D eigenvalue weighted by Crippen LogP contribution is 1.99. The van der Waals surface area contributed by atoms with Crippen LogP contribution in [-0.4, -0.2) is 19.1 Å². The van der Waals surface area contributed by atoms with Crippen molar-refractivity contribution in [2.75, 3.05) is 13.2 Å². The van der Waals surface area contributed by atoms with Crippen molar-refractivity contribution in [3.05, 3.63) is 42.0 Å². The lowest BCUT2D eigenvalue weighted by Gasteiger charge is -1.99. The van der Waals surface area contributed by atoms with E-state index in [1.54, 1.807) is 0 Å². The molecule has 3 N–H and O–H groups in total. The molecule has 0 spiro atoms. The van der Waals surface area contributed by atoms with Crippen LogP contribution in [0.4, 0.5) is 0 Å². The van der Waals surface area contributed by atoms with E-state index in [4.69, 9.17) is 10.6 Å². The van der Waals surface area contributed by atoms with Crippen LogP contribution in [0.2, 0.25) is 0 Å². The smallest absolute Gasteiger partial charge is 0.245 e. The van der Waals surface area contributed by atoms with E-state index in [1.165, 1.54) is 0 Å². The van der Waals surface area contributed by atoms with Crippen molar-refractivity contribution < 1.29 is 9.63 Å². The first kappa shape index (κ1) is 11.4. The van der Waals surface area contributed by atoms with Gasteiger partial charge in [-0.25, -0.2) is 0 Å². The van der Waals surface area contributed by atoms with Crippen molar-refractivity contribution in [3.63, 3.8) is 0 Å². The predicted octanol–water partition coefficient (Wildman–Crippen LogP) is 0.706. The summed E-state index contributed by atoms with van der Waals surface area (Å²) >= 11 is 0. The topological polar surface area (TPSA) is 64.4 Å². The molecule has 4 nitrogen and oxygen atoms in total. The highest BCUT2D eigenvalue weighted by Gasteiger charge is 1.90. The Labute approximate surface area is 88.7 Å². The van der Waals surface area contributed by atoms with E-state index >= 15 is 0 Å². The summed E-state index contributed by atoms with van der Waals surface area (Å²) in [6.07, 6.45) is 3.86. The molecule has 0 bridgehead atoms. The standard InChI is InChI=1S/C11H14N2O2/c12-11(14)9-15-13-8-4-7-10-5-2-1-3-6-10/h1-7,13H,8-9H2,(H2,12,14)/b7-4+. The maximum atomic E-state index is 10.3. The molecule has 0 atom stereocenters. The monoisotopic (exact) mass is 206 g/mol. The minimum absolute atomic E-state index is 0.112. The molecule has 0 aromatic heterocycles. The minimum atomic E-state index is -0.491. The minimum Gasteiger partial charge on any atom is -0.368 e. The second-order valence-electron chi connectivity index (χ2n) is 2.92. The first-order valence-corrected chi connectivity index (χ1v) is 4.63. The third-order valence-corrected chi connectivity index (χ3v) is 1.63. The normalized spacial score (nSPS) is 10.7. The molecule has 0 aliphatic rings. The number of primary amides is 1. The van der Waals surface area contributed by atoms with Crippen LogP contribution in [0.15, 0.2) is 36.4 Å². The van der Waals surface area contributed by atoms with Crippen molar-refractivity contribution in [2.24, 2.45) is 5.73 Å². The van der Waals surface area contributed by atoms with Crippen LogP contribution < -0.4 is 11.2 Å². The molecule has 0 aliphatic carbocycles. The molecular weight excluding hydrogens is 192 g/mol. The second kappa shape index (κ2) is 6.75. The van der Waals surface area contributed by atoms with Gasteiger partial charge >= 0.3 is 0 Å². The molecule has 1 aromatic rings.